The van der Waals surface area contributed by atoms with Gasteiger partial charge >= 0.3 is 0 Å². The summed E-state index contributed by atoms with van der Waals surface area (Å²) < 4.78 is 1.95. The SMILES string of the molecule is Nc1nc2nc3n(c2c(=O)[nH]1)CCCC3. The second-order valence-electron chi connectivity index (χ2n) is 3.76. The quantitative estimate of drug-likeness (QED) is 0.635. The minimum atomic E-state index is -0.196. The molecule has 3 rings (SSSR count). The monoisotopic (exact) mass is 205 g/mol. The molecule has 3 N–H and O–H groups in total. The number of aryl methyl sites for hydroxylation is 2. The first-order valence-electron chi connectivity index (χ1n) is 5.00. The molecule has 0 spiro atoms. The van der Waals surface area contributed by atoms with Crippen LogP contribution < -0.4 is 11.3 Å². The second-order valence-corrected chi connectivity index (χ2v) is 3.76. The van der Waals surface area contributed by atoms with Crippen LogP contribution >= 0.6 is 0 Å². The molecule has 0 radical (unpaired) electrons. The van der Waals surface area contributed by atoms with Crippen molar-refractivity contribution in [2.24, 2.45) is 0 Å². The molecule has 0 atom stereocenters. The Morgan fingerprint density at radius 3 is 3.07 bits per heavy atom. The number of nitrogens with two attached hydrogens (primary N) is 1. The van der Waals surface area contributed by atoms with E-state index in [1.807, 2.05) is 4.57 Å². The van der Waals surface area contributed by atoms with Crippen LogP contribution in [0.3, 0.4) is 0 Å². The van der Waals surface area contributed by atoms with Gasteiger partial charge in [0, 0.05) is 13.0 Å². The smallest absolute Gasteiger partial charge is 0.278 e. The molecule has 6 nitrogen and oxygen atoms in total. The maximum Gasteiger partial charge on any atom is 0.278 e. The number of anilines is 1. The Hall–Kier alpha value is -1.85. The average Bonchev–Trinajstić information content (AvgIpc) is 2.54. The Labute approximate surface area is 85.1 Å². The zero-order valence-corrected chi connectivity index (χ0v) is 8.16. The lowest BCUT2D eigenvalue weighted by molar-refractivity contribution is 0.532. The number of nitrogens with zero attached hydrogens (tertiary/aromatic N) is 3. The zero-order chi connectivity index (χ0) is 10.4. The summed E-state index contributed by atoms with van der Waals surface area (Å²) in [6.07, 6.45) is 3.12. The predicted octanol–water partition coefficient (Wildman–Crippen LogP) is 0.0381. The summed E-state index contributed by atoms with van der Waals surface area (Å²) in [6, 6.07) is 0. The van der Waals surface area contributed by atoms with Gasteiger partial charge in [0.15, 0.2) is 11.2 Å². The summed E-state index contributed by atoms with van der Waals surface area (Å²) in [5, 5.41) is 0. The van der Waals surface area contributed by atoms with Crippen LogP contribution in [0.1, 0.15) is 18.7 Å². The molecular weight excluding hydrogens is 194 g/mol. The molecule has 0 amide bonds. The standard InChI is InChI=1S/C9H11N5O/c10-9-12-7-6(8(15)13-9)14-4-2-1-3-5(14)11-7/h1-4H2,(H3,10,12,13,15). The lowest BCUT2D eigenvalue weighted by Crippen LogP contribution is -2.17. The number of fused-ring (bicyclic) bond motifs is 3. The number of imidazole rings is 1. The number of hydrogen-bond donors (Lipinski definition) is 2. The van der Waals surface area contributed by atoms with Crippen molar-refractivity contribution < 1.29 is 0 Å². The van der Waals surface area contributed by atoms with Crippen molar-refractivity contribution in [3.63, 3.8) is 0 Å². The molecule has 1 aliphatic rings. The molecule has 0 fully saturated rings. The van der Waals surface area contributed by atoms with E-state index in [1.54, 1.807) is 0 Å². The predicted molar refractivity (Wildman–Crippen MR) is 55.5 cm³/mol. The van der Waals surface area contributed by atoms with E-state index in [0.717, 1.165) is 31.6 Å². The van der Waals surface area contributed by atoms with Crippen molar-refractivity contribution in [3.05, 3.63) is 16.2 Å². The Balaban J connectivity index is 2.42. The summed E-state index contributed by atoms with van der Waals surface area (Å²) >= 11 is 0. The van der Waals surface area contributed by atoms with E-state index in [0.29, 0.717) is 11.2 Å². The third-order valence-corrected chi connectivity index (χ3v) is 2.74. The Morgan fingerprint density at radius 2 is 2.20 bits per heavy atom. The Kier molecular flexibility index (Phi) is 1.59. The summed E-state index contributed by atoms with van der Waals surface area (Å²) in [4.78, 5) is 22.6. The topological polar surface area (TPSA) is 89.6 Å². The van der Waals surface area contributed by atoms with Crippen LogP contribution in [0.5, 0.6) is 0 Å². The van der Waals surface area contributed by atoms with Gasteiger partial charge < -0.3 is 10.3 Å². The zero-order valence-electron chi connectivity index (χ0n) is 8.16. The molecule has 0 saturated carbocycles. The molecule has 0 saturated heterocycles. The molecule has 2 aromatic heterocycles. The van der Waals surface area contributed by atoms with Crippen molar-refractivity contribution in [3.8, 4) is 0 Å². The first-order chi connectivity index (χ1) is 7.25. The fourth-order valence-corrected chi connectivity index (χ4v) is 2.09. The van der Waals surface area contributed by atoms with E-state index in [4.69, 9.17) is 5.73 Å². The Morgan fingerprint density at radius 1 is 1.33 bits per heavy atom. The van der Waals surface area contributed by atoms with Gasteiger partial charge in [-0.3, -0.25) is 9.78 Å². The molecular formula is C9H11N5O. The van der Waals surface area contributed by atoms with Crippen LogP contribution in [0.4, 0.5) is 5.95 Å². The van der Waals surface area contributed by atoms with E-state index in [2.05, 4.69) is 15.0 Å². The highest BCUT2D eigenvalue weighted by Crippen LogP contribution is 2.18. The molecule has 0 unspecified atom stereocenters. The maximum absolute atomic E-state index is 11.7. The highest BCUT2D eigenvalue weighted by atomic mass is 16.1. The van der Waals surface area contributed by atoms with Crippen LogP contribution in [0.2, 0.25) is 0 Å². The van der Waals surface area contributed by atoms with Crippen molar-refractivity contribution in [2.75, 3.05) is 5.73 Å². The van der Waals surface area contributed by atoms with Crippen molar-refractivity contribution >= 4 is 17.1 Å². The average molecular weight is 205 g/mol. The molecule has 0 aromatic carbocycles. The molecule has 0 aliphatic carbocycles. The van der Waals surface area contributed by atoms with Gasteiger partial charge in [-0.05, 0) is 12.8 Å². The normalized spacial score (nSPS) is 15.5. The first kappa shape index (κ1) is 8.46. The van der Waals surface area contributed by atoms with Crippen LogP contribution in [0, 0.1) is 0 Å². The molecule has 0 bridgehead atoms. The first-order valence-corrected chi connectivity index (χ1v) is 5.00. The summed E-state index contributed by atoms with van der Waals surface area (Å²) in [6.45, 7) is 0.848. The molecule has 15 heavy (non-hydrogen) atoms. The molecule has 1 aliphatic heterocycles. The highest BCUT2D eigenvalue weighted by Gasteiger charge is 2.17. The van der Waals surface area contributed by atoms with Crippen LogP contribution in [-0.4, -0.2) is 19.5 Å². The minimum Gasteiger partial charge on any atom is -0.369 e. The van der Waals surface area contributed by atoms with Crippen molar-refractivity contribution in [1.82, 2.24) is 19.5 Å². The number of hydrogen-bond acceptors (Lipinski definition) is 4. The third kappa shape index (κ3) is 1.14. The Bertz CT molecular complexity index is 582. The van der Waals surface area contributed by atoms with Gasteiger partial charge in [-0.25, -0.2) is 4.98 Å². The van der Waals surface area contributed by atoms with E-state index in [-0.39, 0.29) is 11.5 Å². The van der Waals surface area contributed by atoms with E-state index >= 15 is 0 Å². The third-order valence-electron chi connectivity index (χ3n) is 2.74. The largest absolute Gasteiger partial charge is 0.369 e. The van der Waals surface area contributed by atoms with E-state index < -0.39 is 0 Å². The van der Waals surface area contributed by atoms with Crippen molar-refractivity contribution in [2.45, 2.75) is 25.8 Å². The van der Waals surface area contributed by atoms with Gasteiger partial charge in [-0.1, -0.05) is 0 Å². The maximum atomic E-state index is 11.7. The molecule has 78 valence electrons. The fraction of sp³-hybridized carbons (Fsp3) is 0.444. The van der Waals surface area contributed by atoms with Gasteiger partial charge in [-0.15, -0.1) is 0 Å². The number of rotatable bonds is 0. The number of nitrogens with one attached hydrogen (secondary N) is 1. The number of H-pyrrole nitrogens is 1. The number of aromatic nitrogens is 4. The lowest BCUT2D eigenvalue weighted by atomic mass is 10.2. The van der Waals surface area contributed by atoms with Gasteiger partial charge in [-0.2, -0.15) is 4.98 Å². The van der Waals surface area contributed by atoms with Gasteiger partial charge in [0.1, 0.15) is 5.82 Å². The van der Waals surface area contributed by atoms with E-state index in [1.165, 1.54) is 0 Å². The van der Waals surface area contributed by atoms with Gasteiger partial charge in [0.25, 0.3) is 5.56 Å². The number of aromatic amines is 1. The minimum absolute atomic E-state index is 0.128. The molecule has 6 heteroatoms. The van der Waals surface area contributed by atoms with Gasteiger partial charge in [0.05, 0.1) is 0 Å². The lowest BCUT2D eigenvalue weighted by Gasteiger charge is -2.12. The van der Waals surface area contributed by atoms with E-state index in [9.17, 15) is 4.79 Å². The molecule has 2 aromatic rings. The van der Waals surface area contributed by atoms with Gasteiger partial charge in [0.2, 0.25) is 5.95 Å². The number of nitrogen functional groups attached to an aromatic ring is 1. The fourth-order valence-electron chi connectivity index (χ4n) is 2.09. The summed E-state index contributed by atoms with van der Waals surface area (Å²) in [5.41, 5.74) is 6.29. The highest BCUT2D eigenvalue weighted by molar-refractivity contribution is 5.71. The second kappa shape index (κ2) is 2.82. The van der Waals surface area contributed by atoms with Crippen LogP contribution in [0.15, 0.2) is 4.79 Å². The summed E-state index contributed by atoms with van der Waals surface area (Å²) in [5.74, 6) is 1.07. The van der Waals surface area contributed by atoms with Crippen molar-refractivity contribution in [1.29, 1.82) is 0 Å². The molecule has 3 heterocycles. The summed E-state index contributed by atoms with van der Waals surface area (Å²) in [7, 11) is 0. The van der Waals surface area contributed by atoms with Crippen LogP contribution in [-0.2, 0) is 13.0 Å². The van der Waals surface area contributed by atoms with Crippen LogP contribution in [0.25, 0.3) is 11.2 Å².